The minimum absolute atomic E-state index is 0.0734. The molecule has 1 aromatic heterocycles. The van der Waals surface area contributed by atoms with Gasteiger partial charge in [0.15, 0.2) is 24.9 Å². The third-order valence-electron chi connectivity index (χ3n) is 8.01. The van der Waals surface area contributed by atoms with Gasteiger partial charge in [-0.1, -0.05) is 24.3 Å². The zero-order valence-corrected chi connectivity index (χ0v) is 31.1. The molecule has 1 fully saturated rings. The summed E-state index contributed by atoms with van der Waals surface area (Å²) < 4.78 is 20.8. The van der Waals surface area contributed by atoms with Crippen molar-refractivity contribution >= 4 is 58.8 Å². The summed E-state index contributed by atoms with van der Waals surface area (Å²) in [6, 6.07) is 9.45. The van der Waals surface area contributed by atoms with Crippen LogP contribution in [0.2, 0.25) is 0 Å². The number of rotatable bonds is 4. The van der Waals surface area contributed by atoms with Crippen LogP contribution in [0.4, 0.5) is 0 Å². The second kappa shape index (κ2) is 18.8. The minimum Gasteiger partial charge on any atom is -0.454 e. The summed E-state index contributed by atoms with van der Waals surface area (Å²) >= 11 is 1.65. The number of ether oxygens (including phenoxy) is 4. The molecule has 52 heavy (non-hydrogen) atoms. The molecule has 0 saturated carbocycles. The van der Waals surface area contributed by atoms with Gasteiger partial charge in [-0.05, 0) is 48.9 Å². The Bertz CT molecular complexity index is 1660. The number of likely N-dealkylation sites (N-methyl/N-ethyl adjacent to an activating group) is 4. The van der Waals surface area contributed by atoms with Crippen molar-refractivity contribution in [3.8, 4) is 0 Å². The third kappa shape index (κ3) is 12.2. The highest BCUT2D eigenvalue weighted by atomic mass is 32.1. The monoisotopic (exact) mass is 744 g/mol. The normalized spacial score (nSPS) is 21.7. The van der Waals surface area contributed by atoms with Gasteiger partial charge in [-0.15, -0.1) is 11.3 Å². The Hall–Kier alpha value is -5.32. The molecule has 1 aromatic carbocycles. The average molecular weight is 745 g/mol. The average Bonchev–Trinajstić information content (AvgIpc) is 3.49. The maximum absolute atomic E-state index is 13.6. The number of thiophene rings is 1. The summed E-state index contributed by atoms with van der Waals surface area (Å²) in [5.41, 5.74) is 2.87. The van der Waals surface area contributed by atoms with Crippen LogP contribution in [-0.2, 0) is 70.1 Å². The highest BCUT2D eigenvalue weighted by Gasteiger charge is 2.31. The Morgan fingerprint density at radius 2 is 1.08 bits per heavy atom. The maximum Gasteiger partial charge on any atom is 0.326 e. The van der Waals surface area contributed by atoms with E-state index in [9.17, 15) is 38.4 Å². The van der Waals surface area contributed by atoms with Crippen LogP contribution in [0, 0.1) is 6.92 Å². The van der Waals surface area contributed by atoms with Gasteiger partial charge in [-0.25, -0.2) is 0 Å². The number of benzene rings is 1. The molecule has 1 aliphatic rings. The highest BCUT2D eigenvalue weighted by molar-refractivity contribution is 7.10. The van der Waals surface area contributed by atoms with Crippen molar-refractivity contribution < 1.29 is 57.3 Å². The zero-order valence-electron chi connectivity index (χ0n) is 30.2. The first-order valence-electron chi connectivity index (χ1n) is 16.3. The molecule has 3 unspecified atom stereocenters. The topological polar surface area (TPSA) is 186 Å². The SMILES string of the molecule is Cc1ccsc1Cc1ccc(CC2OC(=O)CN(C)C(=O)C(C)OC(=O)CN(C)C(=O)COC(=O)CN(C)C(=O)C(C)OC(=O)CN(C)C2=O)cc1. The lowest BCUT2D eigenvalue weighted by atomic mass is 10.0. The van der Waals surface area contributed by atoms with Gasteiger partial charge in [0, 0.05) is 45.9 Å². The number of nitrogens with zero attached hydrogens (tertiary/aromatic N) is 4. The number of carbonyl (C=O) groups is 8. The predicted molar refractivity (Wildman–Crippen MR) is 185 cm³/mol. The van der Waals surface area contributed by atoms with E-state index in [-0.39, 0.29) is 6.42 Å². The standard InChI is InChI=1S/C35H44N4O12S/c1-21-12-13-52-27(21)15-25-10-8-24(9-11-25)14-26-35(47)39(7)18-31(43)50-22(2)33(45)37(5)16-29(41)48-20-28(40)36(4)17-30(42)49-23(3)34(46)38(6)19-32(44)51-26/h8-13,22-23,26H,14-20H2,1-7H3. The second-order valence-corrected chi connectivity index (χ2v) is 13.5. The third-order valence-corrected chi connectivity index (χ3v) is 9.04. The molecule has 0 N–H and O–H groups in total. The molecule has 16 nitrogen and oxygen atoms in total. The van der Waals surface area contributed by atoms with Crippen molar-refractivity contribution in [3.63, 3.8) is 0 Å². The minimum atomic E-state index is -1.43. The van der Waals surface area contributed by atoms with Crippen LogP contribution in [-0.4, -0.2) is 146 Å². The van der Waals surface area contributed by atoms with E-state index in [1.807, 2.05) is 30.5 Å². The molecule has 0 aliphatic carbocycles. The maximum atomic E-state index is 13.6. The molecular weight excluding hydrogens is 700 g/mol. The number of esters is 4. The first-order valence-corrected chi connectivity index (χ1v) is 17.2. The van der Waals surface area contributed by atoms with Crippen LogP contribution < -0.4 is 0 Å². The Morgan fingerprint density at radius 3 is 1.60 bits per heavy atom. The van der Waals surface area contributed by atoms with Crippen LogP contribution in [0.5, 0.6) is 0 Å². The lowest BCUT2D eigenvalue weighted by Crippen LogP contribution is -2.46. The Balaban J connectivity index is 1.83. The molecule has 1 aliphatic heterocycles. The summed E-state index contributed by atoms with van der Waals surface area (Å²) in [6.45, 7) is 1.42. The van der Waals surface area contributed by atoms with Crippen molar-refractivity contribution in [2.24, 2.45) is 0 Å². The molecule has 4 amide bonds. The van der Waals surface area contributed by atoms with Crippen molar-refractivity contribution in [2.45, 2.75) is 51.9 Å². The largest absolute Gasteiger partial charge is 0.454 e. The van der Waals surface area contributed by atoms with Crippen molar-refractivity contribution in [1.29, 1.82) is 0 Å². The molecule has 3 atom stereocenters. The Labute approximate surface area is 305 Å². The number of aryl methyl sites for hydroxylation is 1. The Morgan fingerprint density at radius 1 is 0.615 bits per heavy atom. The van der Waals surface area contributed by atoms with Gasteiger partial charge >= 0.3 is 23.9 Å². The fraction of sp³-hybridized carbons (Fsp3) is 0.486. The molecule has 0 bridgehead atoms. The second-order valence-electron chi connectivity index (χ2n) is 12.5. The lowest BCUT2D eigenvalue weighted by molar-refractivity contribution is -0.167. The Kier molecular flexibility index (Phi) is 14.8. The van der Waals surface area contributed by atoms with E-state index >= 15 is 0 Å². The van der Waals surface area contributed by atoms with Crippen LogP contribution >= 0.6 is 11.3 Å². The van der Waals surface area contributed by atoms with Crippen LogP contribution in [0.1, 0.15) is 35.4 Å². The summed E-state index contributed by atoms with van der Waals surface area (Å²) in [4.78, 5) is 107. The summed E-state index contributed by atoms with van der Waals surface area (Å²) in [7, 11) is 5.07. The first-order chi connectivity index (χ1) is 24.4. The van der Waals surface area contributed by atoms with Gasteiger partial charge in [0.1, 0.15) is 26.2 Å². The number of hydrogen-bond acceptors (Lipinski definition) is 13. The van der Waals surface area contributed by atoms with Gasteiger partial charge in [-0.2, -0.15) is 0 Å². The van der Waals surface area contributed by atoms with Crippen LogP contribution in [0.25, 0.3) is 0 Å². The van der Waals surface area contributed by atoms with Crippen molar-refractivity contribution in [1.82, 2.24) is 19.6 Å². The van der Waals surface area contributed by atoms with Gasteiger partial charge in [0.25, 0.3) is 23.6 Å². The fourth-order valence-corrected chi connectivity index (χ4v) is 5.92. The van der Waals surface area contributed by atoms with E-state index in [4.69, 9.17) is 18.9 Å². The number of amides is 4. The molecule has 1 saturated heterocycles. The molecule has 2 heterocycles. The van der Waals surface area contributed by atoms with Crippen LogP contribution in [0.3, 0.4) is 0 Å². The van der Waals surface area contributed by atoms with Gasteiger partial charge in [-0.3, -0.25) is 38.4 Å². The van der Waals surface area contributed by atoms with E-state index in [0.717, 1.165) is 31.6 Å². The smallest absolute Gasteiger partial charge is 0.326 e. The first kappa shape index (κ1) is 41.1. The van der Waals surface area contributed by atoms with E-state index in [2.05, 4.69) is 0 Å². The number of hydrogen-bond donors (Lipinski definition) is 0. The molecule has 3 rings (SSSR count). The fourth-order valence-electron chi connectivity index (χ4n) is 4.98. The van der Waals surface area contributed by atoms with Gasteiger partial charge in [0.2, 0.25) is 0 Å². The molecular formula is C35H44N4O12S. The number of cyclic esters (lactones) is 4. The molecule has 0 spiro atoms. The highest BCUT2D eigenvalue weighted by Crippen LogP contribution is 2.21. The number of carbonyl (C=O) groups excluding carboxylic acids is 8. The predicted octanol–water partition coefficient (Wildman–Crippen LogP) is 0.355. The van der Waals surface area contributed by atoms with Crippen molar-refractivity contribution in [2.75, 3.05) is 61.0 Å². The van der Waals surface area contributed by atoms with Crippen molar-refractivity contribution in [3.05, 3.63) is 57.3 Å². The summed E-state index contributed by atoms with van der Waals surface area (Å²) in [6.07, 6.45) is -3.51. The molecule has 282 valence electrons. The molecule has 2 aromatic rings. The quantitative estimate of drug-likeness (QED) is 0.310. The van der Waals surface area contributed by atoms with Crippen LogP contribution in [0.15, 0.2) is 35.7 Å². The zero-order chi connectivity index (χ0) is 38.7. The van der Waals surface area contributed by atoms with E-state index in [0.29, 0.717) is 5.56 Å². The summed E-state index contributed by atoms with van der Waals surface area (Å²) in [5.74, 6) is -6.87. The van der Waals surface area contributed by atoms with E-state index in [1.165, 1.54) is 52.5 Å². The van der Waals surface area contributed by atoms with Gasteiger partial charge < -0.3 is 38.5 Å². The van der Waals surface area contributed by atoms with Gasteiger partial charge in [0.05, 0.1) is 0 Å². The van der Waals surface area contributed by atoms with E-state index in [1.54, 1.807) is 23.5 Å². The summed E-state index contributed by atoms with van der Waals surface area (Å²) in [5, 5.41) is 2.02. The molecule has 17 heteroatoms. The lowest BCUT2D eigenvalue weighted by Gasteiger charge is -2.26. The molecule has 0 radical (unpaired) electrons. The van der Waals surface area contributed by atoms with E-state index < -0.39 is 98.6 Å².